The number of benzene rings is 1. The molecule has 1 aromatic carbocycles. The Morgan fingerprint density at radius 2 is 2.11 bits per heavy atom. The summed E-state index contributed by atoms with van der Waals surface area (Å²) < 4.78 is 0. The average molecular weight is 259 g/mol. The van der Waals surface area contributed by atoms with Gasteiger partial charge in [-0.25, -0.2) is 9.97 Å². The second-order valence-corrected chi connectivity index (χ2v) is 5.10. The topological polar surface area (TPSA) is 107 Å². The Morgan fingerprint density at radius 1 is 1.37 bits per heavy atom. The monoisotopic (exact) mass is 259 g/mol. The van der Waals surface area contributed by atoms with Crippen molar-refractivity contribution in [1.82, 2.24) is 9.97 Å². The third-order valence-electron chi connectivity index (χ3n) is 3.03. The van der Waals surface area contributed by atoms with Crippen LogP contribution in [0.3, 0.4) is 0 Å². The van der Waals surface area contributed by atoms with Gasteiger partial charge in [0, 0.05) is 17.6 Å². The number of nitrogens with two attached hydrogens (primary N) is 2. The number of carbonyl (C=O) groups excluding carboxylic acids is 1. The summed E-state index contributed by atoms with van der Waals surface area (Å²) in [6, 6.07) is 5.42. The summed E-state index contributed by atoms with van der Waals surface area (Å²) in [5, 5.41) is 3.99. The summed E-state index contributed by atoms with van der Waals surface area (Å²) in [5.41, 5.74) is 11.8. The Labute approximate surface area is 111 Å². The van der Waals surface area contributed by atoms with Gasteiger partial charge in [0.05, 0.1) is 10.9 Å². The third-order valence-corrected chi connectivity index (χ3v) is 3.03. The first-order valence-electron chi connectivity index (χ1n) is 5.94. The lowest BCUT2D eigenvalue weighted by molar-refractivity contribution is -0.125. The molecule has 1 heterocycles. The van der Waals surface area contributed by atoms with E-state index in [1.165, 1.54) is 6.33 Å². The van der Waals surface area contributed by atoms with E-state index in [1.807, 2.05) is 6.07 Å². The SMILES string of the molecule is CC(C)(CNc1ncnc2cc(N)ccc12)C(N)=O. The van der Waals surface area contributed by atoms with Crippen LogP contribution in [0.4, 0.5) is 11.5 Å². The van der Waals surface area contributed by atoms with Crippen LogP contribution in [0.5, 0.6) is 0 Å². The number of hydrogen-bond donors (Lipinski definition) is 3. The predicted molar refractivity (Wildman–Crippen MR) is 75.4 cm³/mol. The molecule has 2 aromatic rings. The molecule has 0 atom stereocenters. The number of amides is 1. The summed E-state index contributed by atoms with van der Waals surface area (Å²) in [6.07, 6.45) is 1.46. The van der Waals surface area contributed by atoms with Gasteiger partial charge in [0.1, 0.15) is 12.1 Å². The van der Waals surface area contributed by atoms with Gasteiger partial charge in [-0.05, 0) is 32.0 Å². The number of carbonyl (C=O) groups is 1. The van der Waals surface area contributed by atoms with Crippen molar-refractivity contribution in [2.75, 3.05) is 17.6 Å². The maximum Gasteiger partial charge on any atom is 0.224 e. The number of nitrogens with zero attached hydrogens (tertiary/aromatic N) is 2. The van der Waals surface area contributed by atoms with Crippen LogP contribution >= 0.6 is 0 Å². The number of nitrogen functional groups attached to an aromatic ring is 1. The maximum atomic E-state index is 11.3. The van der Waals surface area contributed by atoms with E-state index >= 15 is 0 Å². The fourth-order valence-corrected chi connectivity index (χ4v) is 1.61. The van der Waals surface area contributed by atoms with Crippen molar-refractivity contribution in [3.05, 3.63) is 24.5 Å². The summed E-state index contributed by atoms with van der Waals surface area (Å²) >= 11 is 0. The van der Waals surface area contributed by atoms with Crippen molar-refractivity contribution < 1.29 is 4.79 Å². The van der Waals surface area contributed by atoms with Crippen LogP contribution < -0.4 is 16.8 Å². The molecule has 5 N–H and O–H groups in total. The molecule has 1 aromatic heterocycles. The molecule has 1 amide bonds. The van der Waals surface area contributed by atoms with Crippen molar-refractivity contribution in [2.24, 2.45) is 11.1 Å². The summed E-state index contributed by atoms with van der Waals surface area (Å²) in [4.78, 5) is 19.6. The van der Waals surface area contributed by atoms with E-state index < -0.39 is 5.41 Å². The normalized spacial score (nSPS) is 11.5. The third kappa shape index (κ3) is 2.73. The molecule has 0 aliphatic carbocycles. The zero-order valence-electron chi connectivity index (χ0n) is 11.0. The number of anilines is 2. The first-order valence-corrected chi connectivity index (χ1v) is 5.94. The minimum absolute atomic E-state index is 0.359. The zero-order valence-corrected chi connectivity index (χ0v) is 11.0. The number of nitrogens with one attached hydrogen (secondary N) is 1. The van der Waals surface area contributed by atoms with E-state index in [0.717, 1.165) is 10.9 Å². The number of fused-ring (bicyclic) bond motifs is 1. The van der Waals surface area contributed by atoms with Gasteiger partial charge < -0.3 is 16.8 Å². The van der Waals surface area contributed by atoms with Crippen molar-refractivity contribution in [3.63, 3.8) is 0 Å². The molecule has 0 saturated heterocycles. The van der Waals surface area contributed by atoms with Crippen LogP contribution in [0.2, 0.25) is 0 Å². The Morgan fingerprint density at radius 3 is 2.79 bits per heavy atom. The standard InChI is InChI=1S/C13H17N5O/c1-13(2,12(15)19)6-16-11-9-4-3-8(14)5-10(9)17-7-18-11/h3-5,7H,6,14H2,1-2H3,(H2,15,19)(H,16,17,18). The van der Waals surface area contributed by atoms with Crippen molar-refractivity contribution in [1.29, 1.82) is 0 Å². The number of aromatic nitrogens is 2. The van der Waals surface area contributed by atoms with Gasteiger partial charge in [-0.1, -0.05) is 0 Å². The fourth-order valence-electron chi connectivity index (χ4n) is 1.61. The van der Waals surface area contributed by atoms with Crippen LogP contribution in [0.1, 0.15) is 13.8 Å². The second-order valence-electron chi connectivity index (χ2n) is 5.10. The van der Waals surface area contributed by atoms with E-state index in [-0.39, 0.29) is 5.91 Å². The summed E-state index contributed by atoms with van der Waals surface area (Å²) in [6.45, 7) is 3.96. The van der Waals surface area contributed by atoms with Gasteiger partial charge in [-0.3, -0.25) is 4.79 Å². The zero-order chi connectivity index (χ0) is 14.0. The Bertz CT molecular complexity index is 623. The summed E-state index contributed by atoms with van der Waals surface area (Å²) in [7, 11) is 0. The van der Waals surface area contributed by atoms with Gasteiger partial charge >= 0.3 is 0 Å². The van der Waals surface area contributed by atoms with Gasteiger partial charge in [0.2, 0.25) is 5.91 Å². The number of rotatable bonds is 4. The highest BCUT2D eigenvalue weighted by molar-refractivity contribution is 5.91. The molecule has 0 aliphatic heterocycles. The van der Waals surface area contributed by atoms with E-state index in [2.05, 4.69) is 15.3 Å². The first kappa shape index (κ1) is 13.1. The first-order chi connectivity index (χ1) is 8.90. The van der Waals surface area contributed by atoms with Crippen molar-refractivity contribution >= 4 is 28.3 Å². The van der Waals surface area contributed by atoms with Crippen molar-refractivity contribution in [2.45, 2.75) is 13.8 Å². The lowest BCUT2D eigenvalue weighted by atomic mass is 9.93. The van der Waals surface area contributed by atoms with Crippen molar-refractivity contribution in [3.8, 4) is 0 Å². The maximum absolute atomic E-state index is 11.3. The lowest BCUT2D eigenvalue weighted by Gasteiger charge is -2.21. The minimum atomic E-state index is -0.648. The van der Waals surface area contributed by atoms with E-state index in [0.29, 0.717) is 18.1 Å². The molecule has 100 valence electrons. The Kier molecular flexibility index (Phi) is 3.25. The quantitative estimate of drug-likeness (QED) is 0.714. The highest BCUT2D eigenvalue weighted by atomic mass is 16.1. The molecule has 6 heteroatoms. The molecule has 0 radical (unpaired) electrons. The molecular formula is C13H17N5O. The highest BCUT2D eigenvalue weighted by Gasteiger charge is 2.24. The molecule has 0 bridgehead atoms. The molecule has 2 rings (SSSR count). The molecule has 19 heavy (non-hydrogen) atoms. The Hall–Kier alpha value is -2.37. The number of primary amides is 1. The molecule has 0 fully saturated rings. The van der Waals surface area contributed by atoms with Crippen LogP contribution in [0.15, 0.2) is 24.5 Å². The second kappa shape index (κ2) is 4.72. The molecule has 0 spiro atoms. The molecule has 0 unspecified atom stereocenters. The summed E-state index contributed by atoms with van der Waals surface area (Å²) in [5.74, 6) is 0.307. The van der Waals surface area contributed by atoms with E-state index in [1.54, 1.807) is 26.0 Å². The van der Waals surface area contributed by atoms with Gasteiger partial charge in [-0.2, -0.15) is 0 Å². The predicted octanol–water partition coefficient (Wildman–Crippen LogP) is 1.14. The van der Waals surface area contributed by atoms with Gasteiger partial charge in [0.15, 0.2) is 0 Å². The largest absolute Gasteiger partial charge is 0.399 e. The molecule has 6 nitrogen and oxygen atoms in total. The van der Waals surface area contributed by atoms with Crippen LogP contribution in [0, 0.1) is 5.41 Å². The average Bonchev–Trinajstić information content (AvgIpc) is 2.35. The van der Waals surface area contributed by atoms with Crippen LogP contribution in [-0.2, 0) is 4.79 Å². The Balaban J connectivity index is 2.29. The lowest BCUT2D eigenvalue weighted by Crippen LogP contribution is -2.37. The van der Waals surface area contributed by atoms with Crippen LogP contribution in [0.25, 0.3) is 10.9 Å². The molecular weight excluding hydrogens is 242 g/mol. The highest BCUT2D eigenvalue weighted by Crippen LogP contribution is 2.23. The van der Waals surface area contributed by atoms with Crippen LogP contribution in [-0.4, -0.2) is 22.4 Å². The van der Waals surface area contributed by atoms with Gasteiger partial charge in [0.25, 0.3) is 0 Å². The smallest absolute Gasteiger partial charge is 0.224 e. The fraction of sp³-hybridized carbons (Fsp3) is 0.308. The van der Waals surface area contributed by atoms with E-state index in [4.69, 9.17) is 11.5 Å². The molecule has 0 aliphatic rings. The van der Waals surface area contributed by atoms with E-state index in [9.17, 15) is 4.79 Å². The van der Waals surface area contributed by atoms with Gasteiger partial charge in [-0.15, -0.1) is 0 Å². The molecule has 0 saturated carbocycles. The minimum Gasteiger partial charge on any atom is -0.399 e. The number of hydrogen-bond acceptors (Lipinski definition) is 5.